The van der Waals surface area contributed by atoms with Crippen molar-refractivity contribution in [1.82, 2.24) is 9.97 Å². The highest BCUT2D eigenvalue weighted by atomic mass is 35.5. The standard InChI is InChI=1S/C13H11ClF3N3/c1-7(18)12-19-5-9(6-20-12)8-2-3-11(14)10(4-8)13(15,16)17/h2-7H,18H2,1H3. The minimum atomic E-state index is -4.50. The van der Waals surface area contributed by atoms with Crippen molar-refractivity contribution in [3.05, 3.63) is 47.0 Å². The maximum atomic E-state index is 12.8. The van der Waals surface area contributed by atoms with Crippen LogP contribution < -0.4 is 5.73 Å². The van der Waals surface area contributed by atoms with E-state index in [0.717, 1.165) is 6.07 Å². The van der Waals surface area contributed by atoms with Crippen LogP contribution in [0.5, 0.6) is 0 Å². The first-order valence-corrected chi connectivity index (χ1v) is 6.11. The zero-order valence-corrected chi connectivity index (χ0v) is 11.2. The number of nitrogens with zero attached hydrogens (tertiary/aromatic N) is 2. The van der Waals surface area contributed by atoms with Gasteiger partial charge in [0.1, 0.15) is 5.82 Å². The molecule has 1 atom stereocenters. The summed E-state index contributed by atoms with van der Waals surface area (Å²) in [5.74, 6) is 0.429. The summed E-state index contributed by atoms with van der Waals surface area (Å²) in [6.45, 7) is 1.72. The van der Waals surface area contributed by atoms with Crippen LogP contribution in [0.15, 0.2) is 30.6 Å². The summed E-state index contributed by atoms with van der Waals surface area (Å²) in [5, 5.41) is -0.339. The molecule has 1 heterocycles. The lowest BCUT2D eigenvalue weighted by molar-refractivity contribution is -0.137. The second-order valence-electron chi connectivity index (χ2n) is 4.31. The van der Waals surface area contributed by atoms with Gasteiger partial charge in [-0.2, -0.15) is 13.2 Å². The van der Waals surface area contributed by atoms with E-state index in [9.17, 15) is 13.2 Å². The summed E-state index contributed by atoms with van der Waals surface area (Å²) < 4.78 is 38.3. The van der Waals surface area contributed by atoms with Crippen molar-refractivity contribution in [2.75, 3.05) is 0 Å². The van der Waals surface area contributed by atoms with Crippen molar-refractivity contribution in [3.63, 3.8) is 0 Å². The van der Waals surface area contributed by atoms with Crippen molar-refractivity contribution >= 4 is 11.6 Å². The fourth-order valence-corrected chi connectivity index (χ4v) is 1.87. The molecule has 0 radical (unpaired) electrons. The first kappa shape index (κ1) is 14.7. The monoisotopic (exact) mass is 301 g/mol. The molecule has 0 bridgehead atoms. The van der Waals surface area contributed by atoms with Crippen LogP contribution in [0.4, 0.5) is 13.2 Å². The average molecular weight is 302 g/mol. The van der Waals surface area contributed by atoms with Crippen LogP contribution in [0, 0.1) is 0 Å². The van der Waals surface area contributed by atoms with Crippen molar-refractivity contribution < 1.29 is 13.2 Å². The molecule has 0 spiro atoms. The number of halogens is 4. The lowest BCUT2D eigenvalue weighted by atomic mass is 10.1. The quantitative estimate of drug-likeness (QED) is 0.917. The van der Waals surface area contributed by atoms with Gasteiger partial charge in [0.25, 0.3) is 0 Å². The van der Waals surface area contributed by atoms with Crippen LogP contribution in [-0.4, -0.2) is 9.97 Å². The van der Waals surface area contributed by atoms with Crippen LogP contribution in [-0.2, 0) is 6.18 Å². The topological polar surface area (TPSA) is 51.8 Å². The molecule has 7 heteroatoms. The van der Waals surface area contributed by atoms with E-state index < -0.39 is 11.7 Å². The largest absolute Gasteiger partial charge is 0.417 e. The van der Waals surface area contributed by atoms with Crippen LogP contribution >= 0.6 is 11.6 Å². The SMILES string of the molecule is CC(N)c1ncc(-c2ccc(Cl)c(C(F)(F)F)c2)cn1. The second kappa shape index (κ2) is 5.38. The highest BCUT2D eigenvalue weighted by Gasteiger charge is 2.33. The van der Waals surface area contributed by atoms with Crippen molar-refractivity contribution in [1.29, 1.82) is 0 Å². The third kappa shape index (κ3) is 3.08. The predicted molar refractivity (Wildman–Crippen MR) is 70.1 cm³/mol. The molecular formula is C13H11ClF3N3. The molecule has 2 rings (SSSR count). The molecule has 2 aromatic rings. The van der Waals surface area contributed by atoms with Gasteiger partial charge in [-0.05, 0) is 24.6 Å². The smallest absolute Gasteiger partial charge is 0.322 e. The molecule has 1 unspecified atom stereocenters. The fourth-order valence-electron chi connectivity index (χ4n) is 1.64. The van der Waals surface area contributed by atoms with E-state index in [0.29, 0.717) is 17.0 Å². The van der Waals surface area contributed by atoms with Crippen molar-refractivity contribution in [3.8, 4) is 11.1 Å². The Bertz CT molecular complexity index is 609. The Balaban J connectivity index is 2.43. The molecule has 20 heavy (non-hydrogen) atoms. The number of alkyl halides is 3. The van der Waals surface area contributed by atoms with E-state index in [1.54, 1.807) is 6.92 Å². The van der Waals surface area contributed by atoms with E-state index in [-0.39, 0.29) is 11.1 Å². The van der Waals surface area contributed by atoms with Crippen molar-refractivity contribution in [2.45, 2.75) is 19.1 Å². The van der Waals surface area contributed by atoms with Crippen LogP contribution in [0.25, 0.3) is 11.1 Å². The first-order valence-electron chi connectivity index (χ1n) is 5.73. The van der Waals surface area contributed by atoms with Crippen LogP contribution in [0.1, 0.15) is 24.4 Å². The van der Waals surface area contributed by atoms with E-state index in [1.165, 1.54) is 24.5 Å². The molecule has 0 saturated heterocycles. The number of rotatable bonds is 2. The normalized spacial score (nSPS) is 13.3. The maximum Gasteiger partial charge on any atom is 0.417 e. The van der Waals surface area contributed by atoms with Gasteiger partial charge in [0.2, 0.25) is 0 Å². The van der Waals surface area contributed by atoms with Gasteiger partial charge in [0.15, 0.2) is 0 Å². The highest BCUT2D eigenvalue weighted by Crippen LogP contribution is 2.36. The van der Waals surface area contributed by atoms with E-state index in [2.05, 4.69) is 9.97 Å². The van der Waals surface area contributed by atoms with Gasteiger partial charge in [0.05, 0.1) is 16.6 Å². The summed E-state index contributed by atoms with van der Waals surface area (Å²) in [5.41, 5.74) is 5.55. The number of aromatic nitrogens is 2. The zero-order valence-electron chi connectivity index (χ0n) is 10.4. The Morgan fingerprint density at radius 1 is 1.15 bits per heavy atom. The first-order chi connectivity index (χ1) is 9.29. The third-order valence-corrected chi connectivity index (χ3v) is 3.01. The molecule has 0 saturated carbocycles. The Hall–Kier alpha value is -1.66. The Morgan fingerprint density at radius 3 is 2.25 bits per heavy atom. The molecule has 0 amide bonds. The zero-order chi connectivity index (χ0) is 14.9. The molecule has 0 aliphatic rings. The summed E-state index contributed by atoms with van der Waals surface area (Å²) in [6.07, 6.45) is -1.62. The van der Waals surface area contributed by atoms with Gasteiger partial charge in [0, 0.05) is 18.0 Å². The number of nitrogens with two attached hydrogens (primary N) is 1. The van der Waals surface area contributed by atoms with Crippen LogP contribution in [0.2, 0.25) is 5.02 Å². The second-order valence-corrected chi connectivity index (χ2v) is 4.72. The summed E-state index contributed by atoms with van der Waals surface area (Å²) in [7, 11) is 0. The van der Waals surface area contributed by atoms with Gasteiger partial charge >= 0.3 is 6.18 Å². The fraction of sp³-hybridized carbons (Fsp3) is 0.231. The molecule has 2 N–H and O–H groups in total. The van der Waals surface area contributed by atoms with Gasteiger partial charge in [-0.15, -0.1) is 0 Å². The van der Waals surface area contributed by atoms with Gasteiger partial charge < -0.3 is 5.73 Å². The Morgan fingerprint density at radius 2 is 1.75 bits per heavy atom. The molecule has 1 aromatic heterocycles. The maximum absolute atomic E-state index is 12.8. The van der Waals surface area contributed by atoms with Gasteiger partial charge in [-0.25, -0.2) is 9.97 Å². The highest BCUT2D eigenvalue weighted by molar-refractivity contribution is 6.31. The lowest BCUT2D eigenvalue weighted by Gasteiger charge is -2.11. The minimum Gasteiger partial charge on any atom is -0.322 e. The Kier molecular flexibility index (Phi) is 3.96. The lowest BCUT2D eigenvalue weighted by Crippen LogP contribution is -2.09. The van der Waals surface area contributed by atoms with E-state index >= 15 is 0 Å². The van der Waals surface area contributed by atoms with Gasteiger partial charge in [-0.3, -0.25) is 0 Å². The van der Waals surface area contributed by atoms with Crippen molar-refractivity contribution in [2.24, 2.45) is 5.73 Å². The third-order valence-electron chi connectivity index (χ3n) is 2.68. The molecule has 3 nitrogen and oxygen atoms in total. The predicted octanol–water partition coefficient (Wildman–Crippen LogP) is 3.84. The molecule has 0 fully saturated rings. The summed E-state index contributed by atoms with van der Waals surface area (Å²) in [6, 6.07) is 3.34. The average Bonchev–Trinajstić information content (AvgIpc) is 2.38. The summed E-state index contributed by atoms with van der Waals surface area (Å²) in [4.78, 5) is 8.04. The van der Waals surface area contributed by atoms with Gasteiger partial charge in [-0.1, -0.05) is 17.7 Å². The number of hydrogen-bond acceptors (Lipinski definition) is 3. The Labute approximate surface area is 118 Å². The van der Waals surface area contributed by atoms with E-state index in [1.807, 2.05) is 0 Å². The number of benzene rings is 1. The molecule has 106 valence electrons. The number of hydrogen-bond donors (Lipinski definition) is 1. The molecule has 0 aliphatic carbocycles. The molecule has 1 aromatic carbocycles. The molecule has 0 aliphatic heterocycles. The summed E-state index contributed by atoms with van der Waals surface area (Å²) >= 11 is 5.57. The molecular weight excluding hydrogens is 291 g/mol. The van der Waals surface area contributed by atoms with E-state index in [4.69, 9.17) is 17.3 Å². The minimum absolute atomic E-state index is 0.333. The van der Waals surface area contributed by atoms with Crippen LogP contribution in [0.3, 0.4) is 0 Å².